The fourth-order valence-corrected chi connectivity index (χ4v) is 3.68. The number of halogens is 1. The van der Waals surface area contributed by atoms with Crippen LogP contribution in [0.2, 0.25) is 0 Å². The van der Waals surface area contributed by atoms with Crippen LogP contribution in [0.5, 0.6) is 5.75 Å². The number of aromatic amines is 1. The van der Waals surface area contributed by atoms with Crippen LogP contribution in [0.15, 0.2) is 84.6 Å². The molecule has 0 saturated heterocycles. The third-order valence-electron chi connectivity index (χ3n) is 4.68. The van der Waals surface area contributed by atoms with Gasteiger partial charge in [-0.15, -0.1) is 0 Å². The van der Waals surface area contributed by atoms with Crippen molar-refractivity contribution < 1.29 is 9.53 Å². The number of aromatic nitrogens is 1. The average molecular weight is 519 g/mol. The number of carbonyl (C=O) groups excluding carboxylic acids is 1. The molecule has 0 aliphatic heterocycles. The zero-order valence-electron chi connectivity index (χ0n) is 16.4. The number of rotatable bonds is 6. The first-order chi connectivity index (χ1) is 15.1. The van der Waals surface area contributed by atoms with E-state index < -0.39 is 5.91 Å². The number of nitrogens with one attached hydrogen (secondary N) is 2. The topological polar surface area (TPSA) is 77.9 Å². The van der Waals surface area contributed by atoms with Crippen LogP contribution in [0.25, 0.3) is 17.0 Å². The predicted molar refractivity (Wildman–Crippen MR) is 130 cm³/mol. The van der Waals surface area contributed by atoms with E-state index in [-0.39, 0.29) is 5.57 Å². The molecule has 3 aromatic carbocycles. The second-order valence-electron chi connectivity index (χ2n) is 6.86. The Morgan fingerprint density at radius 3 is 2.71 bits per heavy atom. The maximum Gasteiger partial charge on any atom is 0.266 e. The first kappa shape index (κ1) is 20.7. The van der Waals surface area contributed by atoms with Crippen molar-refractivity contribution in [2.24, 2.45) is 0 Å². The first-order valence-electron chi connectivity index (χ1n) is 9.59. The average Bonchev–Trinajstić information content (AvgIpc) is 3.18. The zero-order chi connectivity index (χ0) is 21.6. The van der Waals surface area contributed by atoms with Gasteiger partial charge in [0.2, 0.25) is 0 Å². The van der Waals surface area contributed by atoms with Crippen LogP contribution in [0, 0.1) is 14.9 Å². The lowest BCUT2D eigenvalue weighted by Gasteiger charge is -2.07. The van der Waals surface area contributed by atoms with Crippen molar-refractivity contribution >= 4 is 51.2 Å². The van der Waals surface area contributed by atoms with Gasteiger partial charge in [-0.05, 0) is 70.6 Å². The van der Waals surface area contributed by atoms with Gasteiger partial charge in [-0.1, -0.05) is 36.4 Å². The van der Waals surface area contributed by atoms with E-state index in [2.05, 4.69) is 32.9 Å². The maximum atomic E-state index is 12.6. The number of fused-ring (bicyclic) bond motifs is 1. The molecule has 0 atom stereocenters. The van der Waals surface area contributed by atoms with Gasteiger partial charge >= 0.3 is 0 Å². The predicted octanol–water partition coefficient (Wildman–Crippen LogP) is 5.90. The second kappa shape index (κ2) is 9.49. The van der Waals surface area contributed by atoms with Crippen molar-refractivity contribution in [1.29, 1.82) is 5.26 Å². The monoisotopic (exact) mass is 519 g/mol. The Balaban J connectivity index is 1.56. The molecule has 0 spiro atoms. The van der Waals surface area contributed by atoms with Crippen molar-refractivity contribution in [3.05, 3.63) is 99.3 Å². The fourth-order valence-electron chi connectivity index (χ4n) is 3.14. The van der Waals surface area contributed by atoms with Gasteiger partial charge in [0.25, 0.3) is 5.91 Å². The highest BCUT2D eigenvalue weighted by atomic mass is 127. The summed E-state index contributed by atoms with van der Waals surface area (Å²) in [6, 6.07) is 25.1. The van der Waals surface area contributed by atoms with Gasteiger partial charge < -0.3 is 15.0 Å². The second-order valence-corrected chi connectivity index (χ2v) is 8.11. The number of nitrogens with zero attached hydrogens (tertiary/aromatic N) is 1. The molecule has 0 bridgehead atoms. The lowest BCUT2D eigenvalue weighted by Crippen LogP contribution is -2.13. The molecule has 4 rings (SSSR count). The Kier molecular flexibility index (Phi) is 6.34. The molecule has 0 fully saturated rings. The SMILES string of the molecule is N#CC(=Cc1c[nH]c2ccc(OCc3ccccc3)cc12)C(=O)Nc1cccc(I)c1. The van der Waals surface area contributed by atoms with Crippen LogP contribution in [0.3, 0.4) is 0 Å². The quantitative estimate of drug-likeness (QED) is 0.189. The van der Waals surface area contributed by atoms with E-state index in [0.29, 0.717) is 18.0 Å². The Hall–Kier alpha value is -3.57. The fraction of sp³-hybridized carbons (Fsp3) is 0.0400. The summed E-state index contributed by atoms with van der Waals surface area (Å²) in [5, 5.41) is 13.2. The number of carbonyl (C=O) groups is 1. The first-order valence-corrected chi connectivity index (χ1v) is 10.7. The summed E-state index contributed by atoms with van der Waals surface area (Å²) in [7, 11) is 0. The molecule has 5 nitrogen and oxygen atoms in total. The van der Waals surface area contributed by atoms with Crippen molar-refractivity contribution in [1.82, 2.24) is 4.98 Å². The van der Waals surface area contributed by atoms with E-state index in [1.165, 1.54) is 0 Å². The van der Waals surface area contributed by atoms with Crippen LogP contribution in [0.4, 0.5) is 5.69 Å². The van der Waals surface area contributed by atoms with Crippen molar-refractivity contribution in [2.45, 2.75) is 6.61 Å². The molecule has 0 aliphatic carbocycles. The molecule has 4 aromatic rings. The molecule has 152 valence electrons. The molecular formula is C25H18IN3O2. The molecule has 0 unspecified atom stereocenters. The highest BCUT2D eigenvalue weighted by Gasteiger charge is 2.12. The van der Waals surface area contributed by atoms with E-state index in [1.807, 2.05) is 72.8 Å². The molecule has 6 heteroatoms. The maximum absolute atomic E-state index is 12.6. The van der Waals surface area contributed by atoms with Crippen molar-refractivity contribution in [3.8, 4) is 11.8 Å². The van der Waals surface area contributed by atoms with Gasteiger partial charge in [0.1, 0.15) is 24.0 Å². The summed E-state index contributed by atoms with van der Waals surface area (Å²) in [4.78, 5) is 15.8. The molecule has 1 heterocycles. The van der Waals surface area contributed by atoms with Crippen LogP contribution >= 0.6 is 22.6 Å². The van der Waals surface area contributed by atoms with Crippen LogP contribution in [-0.4, -0.2) is 10.9 Å². The number of ether oxygens (including phenoxy) is 1. The molecule has 1 amide bonds. The minimum atomic E-state index is -0.449. The van der Waals surface area contributed by atoms with Crippen LogP contribution < -0.4 is 10.1 Å². The Morgan fingerprint density at radius 1 is 1.10 bits per heavy atom. The lowest BCUT2D eigenvalue weighted by molar-refractivity contribution is -0.112. The summed E-state index contributed by atoms with van der Waals surface area (Å²) in [6.07, 6.45) is 3.37. The summed E-state index contributed by atoms with van der Waals surface area (Å²) in [5.74, 6) is 0.266. The van der Waals surface area contributed by atoms with Gasteiger partial charge in [0, 0.05) is 31.9 Å². The van der Waals surface area contributed by atoms with Crippen LogP contribution in [-0.2, 0) is 11.4 Å². The number of nitriles is 1. The standard InChI is InChI=1S/C25H18IN3O2/c26-20-7-4-8-21(12-20)29-25(30)18(14-27)11-19-15-28-24-10-9-22(13-23(19)24)31-16-17-5-2-1-3-6-17/h1-13,15,28H,16H2,(H,29,30). The van der Waals surface area contributed by atoms with Gasteiger partial charge in [-0.25, -0.2) is 0 Å². The Morgan fingerprint density at radius 2 is 1.94 bits per heavy atom. The zero-order valence-corrected chi connectivity index (χ0v) is 18.6. The molecule has 31 heavy (non-hydrogen) atoms. The molecule has 0 aliphatic rings. The highest BCUT2D eigenvalue weighted by molar-refractivity contribution is 14.1. The van der Waals surface area contributed by atoms with E-state index >= 15 is 0 Å². The summed E-state index contributed by atoms with van der Waals surface area (Å²) < 4.78 is 6.91. The van der Waals surface area contributed by atoms with Gasteiger partial charge in [0.15, 0.2) is 0 Å². The van der Waals surface area contributed by atoms with Gasteiger partial charge in [-0.3, -0.25) is 4.79 Å². The summed E-state index contributed by atoms with van der Waals surface area (Å²) in [5.41, 5.74) is 3.39. The minimum Gasteiger partial charge on any atom is -0.489 e. The normalized spacial score (nSPS) is 11.2. The molecule has 2 N–H and O–H groups in total. The lowest BCUT2D eigenvalue weighted by atomic mass is 10.1. The Labute approximate surface area is 193 Å². The molecular weight excluding hydrogens is 501 g/mol. The Bertz CT molecular complexity index is 1300. The number of hydrogen-bond donors (Lipinski definition) is 2. The number of amides is 1. The van der Waals surface area contributed by atoms with Gasteiger partial charge in [0.05, 0.1) is 0 Å². The van der Waals surface area contributed by atoms with Crippen LogP contribution in [0.1, 0.15) is 11.1 Å². The van der Waals surface area contributed by atoms with E-state index in [1.54, 1.807) is 18.3 Å². The molecule has 1 aromatic heterocycles. The van der Waals surface area contributed by atoms with E-state index in [4.69, 9.17) is 4.74 Å². The third-order valence-corrected chi connectivity index (χ3v) is 5.35. The number of anilines is 1. The number of benzene rings is 3. The minimum absolute atomic E-state index is 0.0235. The smallest absolute Gasteiger partial charge is 0.266 e. The number of hydrogen-bond acceptors (Lipinski definition) is 3. The van der Waals surface area contributed by atoms with Gasteiger partial charge in [-0.2, -0.15) is 5.26 Å². The third kappa shape index (κ3) is 5.13. The van der Waals surface area contributed by atoms with E-state index in [0.717, 1.165) is 25.6 Å². The molecule has 0 radical (unpaired) electrons. The summed E-state index contributed by atoms with van der Waals surface area (Å²) in [6.45, 7) is 0.462. The number of H-pyrrole nitrogens is 1. The highest BCUT2D eigenvalue weighted by Crippen LogP contribution is 2.26. The summed E-state index contributed by atoms with van der Waals surface area (Å²) >= 11 is 2.17. The van der Waals surface area contributed by atoms with Crippen molar-refractivity contribution in [2.75, 3.05) is 5.32 Å². The molecule has 0 saturated carbocycles. The van der Waals surface area contributed by atoms with E-state index in [9.17, 15) is 10.1 Å². The van der Waals surface area contributed by atoms with Crippen molar-refractivity contribution in [3.63, 3.8) is 0 Å². The largest absolute Gasteiger partial charge is 0.489 e.